The van der Waals surface area contributed by atoms with Crippen molar-refractivity contribution in [1.29, 1.82) is 0 Å². The van der Waals surface area contributed by atoms with Gasteiger partial charge in [-0.25, -0.2) is 22.8 Å². The number of hydrogen-bond donors (Lipinski definition) is 2. The van der Waals surface area contributed by atoms with E-state index < -0.39 is 6.43 Å². The zero-order chi connectivity index (χ0) is 18.3. The van der Waals surface area contributed by atoms with Gasteiger partial charge in [-0.2, -0.15) is 10.1 Å². The van der Waals surface area contributed by atoms with Crippen molar-refractivity contribution in [3.8, 4) is 11.3 Å². The average molecular weight is 358 g/mol. The molecule has 0 aliphatic carbocycles. The van der Waals surface area contributed by atoms with Crippen LogP contribution in [-0.2, 0) is 6.42 Å². The molecule has 4 heterocycles. The first-order chi connectivity index (χ1) is 12.6. The largest absolute Gasteiger partial charge is 0.371 e. The van der Waals surface area contributed by atoms with Gasteiger partial charge in [0.2, 0.25) is 12.4 Å². The second-order valence-corrected chi connectivity index (χ2v) is 5.65. The normalized spacial score (nSPS) is 11.6. The highest BCUT2D eigenvalue weighted by Crippen LogP contribution is 2.29. The minimum atomic E-state index is -2.45. The minimum Gasteiger partial charge on any atom is -0.371 e. The summed E-state index contributed by atoms with van der Waals surface area (Å²) in [6, 6.07) is 3.65. The molecule has 0 unspecified atom stereocenters. The number of alkyl halides is 2. The number of anilines is 2. The number of rotatable bonds is 5. The molecule has 0 spiro atoms. The smallest absolute Gasteiger partial charge is 0.242 e. The van der Waals surface area contributed by atoms with Crippen molar-refractivity contribution < 1.29 is 8.78 Å². The Hall–Kier alpha value is -3.30. The van der Waals surface area contributed by atoms with Gasteiger partial charge in [-0.1, -0.05) is 0 Å². The molecule has 0 saturated carbocycles. The second-order valence-electron chi connectivity index (χ2n) is 5.65. The van der Waals surface area contributed by atoms with Crippen LogP contribution in [0.15, 0.2) is 30.7 Å². The maximum Gasteiger partial charge on any atom is 0.242 e. The molecule has 0 radical (unpaired) electrons. The van der Waals surface area contributed by atoms with Crippen LogP contribution in [-0.4, -0.2) is 49.7 Å². The maximum absolute atomic E-state index is 12.8. The van der Waals surface area contributed by atoms with E-state index in [4.69, 9.17) is 0 Å². The summed E-state index contributed by atoms with van der Waals surface area (Å²) in [6.45, 7) is 0. The SMILES string of the molecule is CNc1nc(NC)c2c(-c3ccn4ncc(CC(F)F)c4n3)ccn2n1. The van der Waals surface area contributed by atoms with Crippen molar-refractivity contribution in [2.75, 3.05) is 24.7 Å². The zero-order valence-corrected chi connectivity index (χ0v) is 14.1. The summed E-state index contributed by atoms with van der Waals surface area (Å²) in [6.07, 6.45) is 2.10. The van der Waals surface area contributed by atoms with Crippen molar-refractivity contribution in [1.82, 2.24) is 29.2 Å². The van der Waals surface area contributed by atoms with Crippen LogP contribution >= 0.6 is 0 Å². The molecule has 8 nitrogen and oxygen atoms in total. The Morgan fingerprint density at radius 1 is 1.08 bits per heavy atom. The van der Waals surface area contributed by atoms with Crippen LogP contribution in [0, 0.1) is 0 Å². The van der Waals surface area contributed by atoms with E-state index in [9.17, 15) is 8.78 Å². The van der Waals surface area contributed by atoms with E-state index in [1.54, 1.807) is 37.1 Å². The Labute approximate surface area is 146 Å². The lowest BCUT2D eigenvalue weighted by molar-refractivity contribution is 0.149. The minimum absolute atomic E-state index is 0.382. The summed E-state index contributed by atoms with van der Waals surface area (Å²) in [4.78, 5) is 8.96. The molecule has 10 heteroatoms. The van der Waals surface area contributed by atoms with Crippen molar-refractivity contribution >= 4 is 22.9 Å². The molecule has 0 aliphatic rings. The van der Waals surface area contributed by atoms with Crippen LogP contribution in [0.1, 0.15) is 5.56 Å². The van der Waals surface area contributed by atoms with Crippen molar-refractivity contribution in [2.45, 2.75) is 12.8 Å². The van der Waals surface area contributed by atoms with Crippen LogP contribution < -0.4 is 10.6 Å². The van der Waals surface area contributed by atoms with E-state index >= 15 is 0 Å². The fraction of sp³-hybridized carbons (Fsp3) is 0.250. The number of aromatic nitrogens is 6. The van der Waals surface area contributed by atoms with Crippen molar-refractivity contribution in [3.63, 3.8) is 0 Å². The molecule has 134 valence electrons. The average Bonchev–Trinajstić information content (AvgIpc) is 3.24. The molecule has 0 aromatic carbocycles. The van der Waals surface area contributed by atoms with Gasteiger partial charge in [0.25, 0.3) is 0 Å². The summed E-state index contributed by atoms with van der Waals surface area (Å²) < 4.78 is 28.7. The second kappa shape index (κ2) is 6.21. The molecular formula is C16H16F2N8. The maximum atomic E-state index is 12.8. The summed E-state index contributed by atoms with van der Waals surface area (Å²) in [5.74, 6) is 1.11. The molecule has 4 rings (SSSR count). The third kappa shape index (κ3) is 2.59. The summed E-state index contributed by atoms with van der Waals surface area (Å²) in [5.41, 5.74) is 3.00. The molecule has 4 aromatic rings. The third-order valence-corrected chi connectivity index (χ3v) is 4.06. The Balaban J connectivity index is 1.89. The molecule has 0 fully saturated rings. The lowest BCUT2D eigenvalue weighted by atomic mass is 10.2. The predicted molar refractivity (Wildman–Crippen MR) is 93.8 cm³/mol. The number of halogens is 2. The Bertz CT molecular complexity index is 1080. The molecular weight excluding hydrogens is 342 g/mol. The highest BCUT2D eigenvalue weighted by molar-refractivity contribution is 5.87. The fourth-order valence-electron chi connectivity index (χ4n) is 2.89. The lowest BCUT2D eigenvalue weighted by Crippen LogP contribution is -2.06. The quantitative estimate of drug-likeness (QED) is 0.570. The van der Waals surface area contributed by atoms with Crippen LogP contribution in [0.25, 0.3) is 22.4 Å². The highest BCUT2D eigenvalue weighted by Gasteiger charge is 2.16. The van der Waals surface area contributed by atoms with E-state index in [2.05, 4.69) is 30.8 Å². The fourth-order valence-corrected chi connectivity index (χ4v) is 2.89. The van der Waals surface area contributed by atoms with Gasteiger partial charge in [0, 0.05) is 44.0 Å². The van der Waals surface area contributed by atoms with Crippen molar-refractivity contribution in [3.05, 3.63) is 36.3 Å². The van der Waals surface area contributed by atoms with Crippen LogP contribution in [0.4, 0.5) is 20.5 Å². The standard InChI is InChI=1S/C16H16F2N8/c1-19-14-13-10(3-5-25(13)24-16(20-2)23-14)11-4-6-26-15(22-11)9(8-21-26)7-12(17)18/h3-6,8,12H,7H2,1-2H3,(H2,19,20,23,24). The lowest BCUT2D eigenvalue weighted by Gasteiger charge is -2.08. The first-order valence-corrected chi connectivity index (χ1v) is 7.97. The molecule has 4 aromatic heterocycles. The Kier molecular flexibility index (Phi) is 3.86. The Morgan fingerprint density at radius 3 is 2.62 bits per heavy atom. The molecule has 2 N–H and O–H groups in total. The van der Waals surface area contributed by atoms with Gasteiger partial charge in [-0.15, -0.1) is 5.10 Å². The molecule has 0 amide bonds. The summed E-state index contributed by atoms with van der Waals surface area (Å²) >= 11 is 0. The predicted octanol–water partition coefficient (Wildman–Crippen LogP) is 2.33. The first kappa shape index (κ1) is 16.2. The number of fused-ring (bicyclic) bond motifs is 2. The van der Waals surface area contributed by atoms with Crippen LogP contribution in [0.2, 0.25) is 0 Å². The molecule has 0 atom stereocenters. The van der Waals surface area contributed by atoms with E-state index in [0.29, 0.717) is 28.7 Å². The summed E-state index contributed by atoms with van der Waals surface area (Å²) in [7, 11) is 3.51. The van der Waals surface area contributed by atoms with Gasteiger partial charge in [-0.3, -0.25) is 0 Å². The molecule has 0 bridgehead atoms. The number of nitrogens with one attached hydrogen (secondary N) is 2. The zero-order valence-electron chi connectivity index (χ0n) is 14.1. The van der Waals surface area contributed by atoms with Crippen LogP contribution in [0.3, 0.4) is 0 Å². The monoisotopic (exact) mass is 358 g/mol. The first-order valence-electron chi connectivity index (χ1n) is 7.97. The van der Waals surface area contributed by atoms with E-state index in [0.717, 1.165) is 11.1 Å². The van der Waals surface area contributed by atoms with Gasteiger partial charge < -0.3 is 10.6 Å². The van der Waals surface area contributed by atoms with E-state index in [-0.39, 0.29) is 6.42 Å². The van der Waals surface area contributed by atoms with Crippen molar-refractivity contribution in [2.24, 2.45) is 0 Å². The van der Waals surface area contributed by atoms with Gasteiger partial charge in [0.1, 0.15) is 5.52 Å². The highest BCUT2D eigenvalue weighted by atomic mass is 19.3. The molecule has 0 saturated heterocycles. The van der Waals surface area contributed by atoms with Gasteiger partial charge >= 0.3 is 0 Å². The molecule has 26 heavy (non-hydrogen) atoms. The topological polar surface area (TPSA) is 84.4 Å². The van der Waals surface area contributed by atoms with E-state index in [1.807, 2.05) is 6.07 Å². The number of nitrogens with zero attached hydrogens (tertiary/aromatic N) is 6. The molecule has 0 aliphatic heterocycles. The van der Waals surface area contributed by atoms with Gasteiger partial charge in [0.05, 0.1) is 11.9 Å². The van der Waals surface area contributed by atoms with Gasteiger partial charge in [0.15, 0.2) is 11.5 Å². The van der Waals surface area contributed by atoms with Crippen LogP contribution in [0.5, 0.6) is 0 Å². The third-order valence-electron chi connectivity index (χ3n) is 4.06. The van der Waals surface area contributed by atoms with Gasteiger partial charge in [-0.05, 0) is 12.1 Å². The summed E-state index contributed by atoms with van der Waals surface area (Å²) in [5, 5.41) is 14.4. The van der Waals surface area contributed by atoms with E-state index in [1.165, 1.54) is 10.7 Å². The number of hydrogen-bond acceptors (Lipinski definition) is 6. The Morgan fingerprint density at radius 2 is 1.88 bits per heavy atom.